The number of carbonyl (C=O) groups excluding carboxylic acids is 1. The van der Waals surface area contributed by atoms with Crippen LogP contribution in [0.4, 0.5) is 0 Å². The minimum Gasteiger partial charge on any atom is -0.481 e. The van der Waals surface area contributed by atoms with E-state index in [1.54, 1.807) is 0 Å². The van der Waals surface area contributed by atoms with Crippen molar-refractivity contribution in [1.29, 1.82) is 0 Å². The van der Waals surface area contributed by atoms with Gasteiger partial charge in [0, 0.05) is 57.4 Å². The number of piperazine rings is 1. The minimum atomic E-state index is -2.74. The third-order valence-corrected chi connectivity index (χ3v) is 6.66. The van der Waals surface area contributed by atoms with Gasteiger partial charge in [-0.25, -0.2) is 4.79 Å². The van der Waals surface area contributed by atoms with Crippen LogP contribution in [0.2, 0.25) is 0 Å². The van der Waals surface area contributed by atoms with Crippen molar-refractivity contribution >= 4 is 48.6 Å². The largest absolute Gasteiger partial charge is 0.481 e. The summed E-state index contributed by atoms with van der Waals surface area (Å²) in [6.07, 6.45) is 0.403. The topological polar surface area (TPSA) is 168 Å². The van der Waals surface area contributed by atoms with Crippen LogP contribution in [0.25, 0.3) is 0 Å². The van der Waals surface area contributed by atoms with Gasteiger partial charge in [0.1, 0.15) is 0 Å². The molecule has 14 heteroatoms. The van der Waals surface area contributed by atoms with Crippen LogP contribution in [0.1, 0.15) is 41.6 Å². The van der Waals surface area contributed by atoms with Gasteiger partial charge in [-0.15, -0.1) is 24.8 Å². The van der Waals surface area contributed by atoms with Gasteiger partial charge in [0.2, 0.25) is 0 Å². The van der Waals surface area contributed by atoms with Gasteiger partial charge in [-0.1, -0.05) is 12.1 Å². The number of halogens is 2. The Labute approximate surface area is 239 Å². The lowest BCUT2D eigenvalue weighted by molar-refractivity contribution is -0.170. The van der Waals surface area contributed by atoms with Crippen LogP contribution in [0.3, 0.4) is 0 Å². The second kappa shape index (κ2) is 15.9. The van der Waals surface area contributed by atoms with Crippen LogP contribution in [0.15, 0.2) is 24.3 Å². The fourth-order valence-corrected chi connectivity index (χ4v) is 4.40. The summed E-state index contributed by atoms with van der Waals surface area (Å²) >= 11 is 0. The van der Waals surface area contributed by atoms with Gasteiger partial charge < -0.3 is 30.1 Å². The Bertz CT molecular complexity index is 946. The van der Waals surface area contributed by atoms with E-state index in [0.29, 0.717) is 0 Å². The summed E-state index contributed by atoms with van der Waals surface area (Å²) in [5.41, 5.74) is -0.648. The van der Waals surface area contributed by atoms with E-state index in [4.69, 9.17) is 25.2 Å². The van der Waals surface area contributed by atoms with Crippen LogP contribution in [-0.4, -0.2) is 123 Å². The maximum atomic E-state index is 12.7. The number of rotatable bonds is 9. The zero-order valence-electron chi connectivity index (χ0n) is 21.6. The average molecular weight is 594 g/mol. The van der Waals surface area contributed by atoms with Gasteiger partial charge in [0.25, 0.3) is 5.91 Å². The van der Waals surface area contributed by atoms with E-state index in [-0.39, 0.29) is 30.7 Å². The molecule has 1 aromatic carbocycles. The molecular formula is C25H37Cl2N3O9. The van der Waals surface area contributed by atoms with Crippen molar-refractivity contribution in [3.8, 4) is 0 Å². The van der Waals surface area contributed by atoms with Crippen molar-refractivity contribution in [2.45, 2.75) is 43.9 Å². The Morgan fingerprint density at radius 1 is 0.821 bits per heavy atom. The van der Waals surface area contributed by atoms with E-state index >= 15 is 0 Å². The first-order chi connectivity index (χ1) is 17.6. The number of carboxylic acids is 3. The highest BCUT2D eigenvalue weighted by Crippen LogP contribution is 2.27. The van der Waals surface area contributed by atoms with Crippen LogP contribution >= 0.6 is 24.8 Å². The number of morpholine rings is 1. The Balaban J connectivity index is 0.000000441. The fraction of sp³-hybridized carbons (Fsp3) is 0.600. The molecule has 2 aliphatic heterocycles. The summed E-state index contributed by atoms with van der Waals surface area (Å²) in [6, 6.07) is 8.99. The molecule has 1 aromatic rings. The van der Waals surface area contributed by atoms with E-state index in [9.17, 15) is 19.2 Å². The van der Waals surface area contributed by atoms with Crippen LogP contribution < -0.4 is 0 Å². The van der Waals surface area contributed by atoms with Crippen molar-refractivity contribution < 1.29 is 44.3 Å². The second-order valence-electron chi connectivity index (χ2n) is 9.62. The monoisotopic (exact) mass is 593 g/mol. The number of nitrogens with zero attached hydrogens (tertiary/aromatic N) is 3. The molecule has 0 bridgehead atoms. The maximum Gasteiger partial charge on any atom is 0.336 e. The molecule has 0 unspecified atom stereocenters. The third-order valence-electron chi connectivity index (χ3n) is 6.66. The quantitative estimate of drug-likeness (QED) is 0.322. The van der Waals surface area contributed by atoms with E-state index in [2.05, 4.69) is 21.9 Å². The Kier molecular flexibility index (Phi) is 14.1. The second-order valence-corrected chi connectivity index (χ2v) is 9.62. The zero-order valence-corrected chi connectivity index (χ0v) is 23.2. The molecule has 12 nitrogen and oxygen atoms in total. The highest BCUT2D eigenvalue weighted by molar-refractivity contribution is 5.94. The number of hydrogen-bond acceptors (Lipinski definition) is 8. The lowest BCUT2D eigenvalue weighted by Gasteiger charge is -2.34. The molecule has 4 rings (SSSR count). The average Bonchev–Trinajstić information content (AvgIpc) is 3.70. The summed E-state index contributed by atoms with van der Waals surface area (Å²) in [5, 5.41) is 33.8. The number of amides is 1. The van der Waals surface area contributed by atoms with Crippen molar-refractivity contribution in [2.75, 3.05) is 52.5 Å². The van der Waals surface area contributed by atoms with Gasteiger partial charge >= 0.3 is 17.9 Å². The molecule has 0 spiro atoms. The molecule has 39 heavy (non-hydrogen) atoms. The summed E-state index contributed by atoms with van der Waals surface area (Å²) in [4.78, 5) is 50.1. The first kappa shape index (κ1) is 34.5. The number of hydrogen-bond donors (Lipinski definition) is 4. The van der Waals surface area contributed by atoms with E-state index < -0.39 is 36.4 Å². The van der Waals surface area contributed by atoms with Crippen molar-refractivity contribution in [3.05, 3.63) is 35.4 Å². The van der Waals surface area contributed by atoms with Crippen LogP contribution in [0, 0.1) is 0 Å². The number of benzene rings is 1. The van der Waals surface area contributed by atoms with Gasteiger partial charge in [0.05, 0.1) is 26.1 Å². The summed E-state index contributed by atoms with van der Waals surface area (Å²) in [5.74, 6) is -4.84. The molecule has 0 radical (unpaired) electrons. The SMILES string of the molecule is Cl.Cl.O=C(O)CC(O)(CC(=O)O)C(=O)O.O=C(c1ccc(CN2CCOCC2)cc1)N1CCN(C2CC2)CC1. The lowest BCUT2D eigenvalue weighted by Crippen LogP contribution is -2.49. The predicted octanol–water partition coefficient (Wildman–Crippen LogP) is 1.03. The molecule has 3 fully saturated rings. The summed E-state index contributed by atoms with van der Waals surface area (Å²) in [6.45, 7) is 8.37. The highest BCUT2D eigenvalue weighted by atomic mass is 35.5. The van der Waals surface area contributed by atoms with E-state index in [1.165, 1.54) is 18.4 Å². The molecule has 4 N–H and O–H groups in total. The van der Waals surface area contributed by atoms with Crippen LogP contribution in [-0.2, 0) is 25.7 Å². The maximum absolute atomic E-state index is 12.7. The standard InChI is InChI=1S/C19H27N3O2.C6H8O7.2ClH/c23-19(22-9-7-21(8-10-22)18-5-6-18)17-3-1-16(2-4-17)15-20-11-13-24-14-12-20;7-3(8)1-6(13,5(11)12)2-4(9)10;;/h1-4,18H,5-15H2;13H,1-2H2,(H,7,8)(H,9,10)(H,11,12);2*1H. The smallest absolute Gasteiger partial charge is 0.336 e. The zero-order chi connectivity index (χ0) is 27.0. The number of aliphatic carboxylic acids is 3. The van der Waals surface area contributed by atoms with Gasteiger partial charge in [-0.2, -0.15) is 0 Å². The molecule has 0 atom stereocenters. The van der Waals surface area contributed by atoms with Gasteiger partial charge in [0.15, 0.2) is 5.60 Å². The van der Waals surface area contributed by atoms with Crippen molar-refractivity contribution in [1.82, 2.24) is 14.7 Å². The molecule has 220 valence electrons. The number of ether oxygens (including phenoxy) is 1. The molecule has 1 saturated carbocycles. The van der Waals surface area contributed by atoms with Crippen molar-refractivity contribution in [2.24, 2.45) is 0 Å². The molecule has 3 aliphatic rings. The predicted molar refractivity (Wildman–Crippen MR) is 145 cm³/mol. The summed E-state index contributed by atoms with van der Waals surface area (Å²) in [7, 11) is 0. The van der Waals surface area contributed by atoms with E-state index in [1.807, 2.05) is 17.0 Å². The molecule has 2 saturated heterocycles. The Morgan fingerprint density at radius 3 is 1.77 bits per heavy atom. The number of aliphatic hydroxyl groups is 1. The number of carbonyl (C=O) groups is 4. The van der Waals surface area contributed by atoms with Crippen LogP contribution in [0.5, 0.6) is 0 Å². The van der Waals surface area contributed by atoms with Gasteiger partial charge in [-0.05, 0) is 30.5 Å². The molecule has 0 aromatic heterocycles. The Hall–Kier alpha value is -2.48. The summed E-state index contributed by atoms with van der Waals surface area (Å²) < 4.78 is 5.39. The lowest BCUT2D eigenvalue weighted by atomic mass is 9.96. The third kappa shape index (κ3) is 10.9. The van der Waals surface area contributed by atoms with Gasteiger partial charge in [-0.3, -0.25) is 24.2 Å². The Morgan fingerprint density at radius 2 is 1.33 bits per heavy atom. The van der Waals surface area contributed by atoms with Crippen molar-refractivity contribution in [3.63, 3.8) is 0 Å². The molecule has 1 aliphatic carbocycles. The first-order valence-corrected chi connectivity index (χ1v) is 12.4. The fourth-order valence-electron chi connectivity index (χ4n) is 4.40. The first-order valence-electron chi connectivity index (χ1n) is 12.4. The van der Waals surface area contributed by atoms with E-state index in [0.717, 1.165) is 70.6 Å². The minimum absolute atomic E-state index is 0. The molecule has 1 amide bonds. The molecular weight excluding hydrogens is 557 g/mol. The number of carboxylic acid groups (broad SMARTS) is 3. The highest BCUT2D eigenvalue weighted by Gasteiger charge is 2.40. The normalized spacial score (nSPS) is 18.0. The molecule has 2 heterocycles.